The third kappa shape index (κ3) is 4.01. The van der Waals surface area contributed by atoms with Gasteiger partial charge in [0.1, 0.15) is 13.2 Å². The number of amides is 1. The van der Waals surface area contributed by atoms with Gasteiger partial charge < -0.3 is 19.5 Å². The molecule has 24 heavy (non-hydrogen) atoms. The van der Waals surface area contributed by atoms with Crippen LogP contribution in [0.1, 0.15) is 24.8 Å². The van der Waals surface area contributed by atoms with Crippen LogP contribution in [0.4, 0.5) is 0 Å². The van der Waals surface area contributed by atoms with E-state index in [4.69, 9.17) is 14.6 Å². The predicted molar refractivity (Wildman–Crippen MR) is 90.4 cm³/mol. The Balaban J connectivity index is 1.60. The van der Waals surface area contributed by atoms with Crippen molar-refractivity contribution in [3.63, 3.8) is 0 Å². The molecular weight excluding hydrogens is 378 g/mol. The van der Waals surface area contributed by atoms with Crippen molar-refractivity contribution < 1.29 is 24.2 Å². The molecule has 1 aromatic carbocycles. The number of hydrogen-bond acceptors (Lipinski definition) is 4. The summed E-state index contributed by atoms with van der Waals surface area (Å²) in [7, 11) is 0. The van der Waals surface area contributed by atoms with E-state index in [0.717, 1.165) is 22.9 Å². The number of carboxylic acids is 1. The molecule has 0 aromatic heterocycles. The number of ether oxygens (including phenoxy) is 2. The van der Waals surface area contributed by atoms with Crippen LogP contribution in [0.5, 0.6) is 11.5 Å². The maximum absolute atomic E-state index is 12.5. The van der Waals surface area contributed by atoms with Gasteiger partial charge in [-0.1, -0.05) is 15.9 Å². The summed E-state index contributed by atoms with van der Waals surface area (Å²) in [5.41, 5.74) is 0.872. The van der Waals surface area contributed by atoms with Crippen LogP contribution < -0.4 is 9.47 Å². The second kappa shape index (κ2) is 7.42. The average molecular weight is 398 g/mol. The second-order valence-electron chi connectivity index (χ2n) is 6.19. The van der Waals surface area contributed by atoms with Crippen LogP contribution in [0, 0.1) is 5.92 Å². The molecule has 3 rings (SSSR count). The highest BCUT2D eigenvalue weighted by atomic mass is 79.9. The molecule has 1 amide bonds. The molecule has 1 saturated heterocycles. The summed E-state index contributed by atoms with van der Waals surface area (Å²) in [4.78, 5) is 25.1. The summed E-state index contributed by atoms with van der Waals surface area (Å²) in [6, 6.07) is 3.70. The summed E-state index contributed by atoms with van der Waals surface area (Å²) in [6.45, 7) is 2.29. The molecule has 0 radical (unpaired) electrons. The topological polar surface area (TPSA) is 76.1 Å². The van der Waals surface area contributed by atoms with E-state index in [1.54, 1.807) is 0 Å². The summed E-state index contributed by atoms with van der Waals surface area (Å²) in [5, 5.41) is 8.86. The molecule has 1 aromatic rings. The number of rotatable bonds is 4. The fourth-order valence-corrected chi connectivity index (χ4v) is 3.61. The lowest BCUT2D eigenvalue weighted by Gasteiger charge is -2.31. The van der Waals surface area contributed by atoms with Gasteiger partial charge in [-0.05, 0) is 36.5 Å². The standard InChI is InChI=1S/C17H20BrNO5/c18-13-10-15-14(23-5-6-24-15)8-12(13)9-16(20)19-3-1-11(2-4-19)7-17(21)22/h8,10-11H,1-7,9H2,(H,21,22). The number of halogens is 1. The van der Waals surface area contributed by atoms with E-state index >= 15 is 0 Å². The Kier molecular flexibility index (Phi) is 5.28. The van der Waals surface area contributed by atoms with Crippen molar-refractivity contribution in [1.29, 1.82) is 0 Å². The lowest BCUT2D eigenvalue weighted by molar-refractivity contribution is -0.138. The first kappa shape index (κ1) is 17.1. The minimum Gasteiger partial charge on any atom is -0.486 e. The molecule has 2 aliphatic heterocycles. The maximum atomic E-state index is 12.5. The first-order chi connectivity index (χ1) is 11.5. The number of aliphatic carboxylic acids is 1. The number of nitrogens with zero attached hydrogens (tertiary/aromatic N) is 1. The molecule has 0 saturated carbocycles. The van der Waals surface area contributed by atoms with Crippen molar-refractivity contribution in [2.45, 2.75) is 25.7 Å². The summed E-state index contributed by atoms with van der Waals surface area (Å²) in [6.07, 6.45) is 1.98. The molecule has 0 spiro atoms. The van der Waals surface area contributed by atoms with Gasteiger partial charge >= 0.3 is 5.97 Å². The number of carbonyl (C=O) groups excluding carboxylic acids is 1. The monoisotopic (exact) mass is 397 g/mol. The maximum Gasteiger partial charge on any atom is 0.303 e. The van der Waals surface area contributed by atoms with E-state index in [1.807, 2.05) is 17.0 Å². The van der Waals surface area contributed by atoms with Crippen LogP contribution in [-0.4, -0.2) is 48.2 Å². The molecule has 7 heteroatoms. The van der Waals surface area contributed by atoms with E-state index in [-0.39, 0.29) is 18.2 Å². The summed E-state index contributed by atoms with van der Waals surface area (Å²) >= 11 is 3.49. The zero-order valence-corrected chi connectivity index (χ0v) is 14.9. The van der Waals surface area contributed by atoms with Gasteiger partial charge in [0.15, 0.2) is 11.5 Å². The first-order valence-corrected chi connectivity index (χ1v) is 8.90. The predicted octanol–water partition coefficient (Wildman–Crippen LogP) is 2.48. The van der Waals surface area contributed by atoms with Crippen molar-refractivity contribution in [1.82, 2.24) is 4.90 Å². The lowest BCUT2D eigenvalue weighted by atomic mass is 9.93. The molecule has 2 heterocycles. The zero-order valence-electron chi connectivity index (χ0n) is 13.3. The summed E-state index contributed by atoms with van der Waals surface area (Å²) in [5.74, 6) is 0.833. The highest BCUT2D eigenvalue weighted by Crippen LogP contribution is 2.36. The SMILES string of the molecule is O=C(O)CC1CCN(C(=O)Cc2cc3c(cc2Br)OCCO3)CC1. The van der Waals surface area contributed by atoms with Crippen LogP contribution in [0.25, 0.3) is 0 Å². The molecule has 1 fully saturated rings. The van der Waals surface area contributed by atoms with Crippen molar-refractivity contribution in [3.05, 3.63) is 22.2 Å². The Labute approximate surface area is 148 Å². The minimum atomic E-state index is -0.764. The van der Waals surface area contributed by atoms with Crippen LogP contribution in [0.3, 0.4) is 0 Å². The third-order valence-corrected chi connectivity index (χ3v) is 5.22. The Morgan fingerprint density at radius 3 is 2.42 bits per heavy atom. The third-order valence-electron chi connectivity index (χ3n) is 4.48. The number of benzene rings is 1. The Bertz CT molecular complexity index is 640. The van der Waals surface area contributed by atoms with Gasteiger partial charge in [0.25, 0.3) is 0 Å². The van der Waals surface area contributed by atoms with Gasteiger partial charge in [0, 0.05) is 24.0 Å². The van der Waals surface area contributed by atoms with Gasteiger partial charge in [-0.25, -0.2) is 0 Å². The Morgan fingerprint density at radius 1 is 1.17 bits per heavy atom. The van der Waals surface area contributed by atoms with Gasteiger partial charge in [-0.2, -0.15) is 0 Å². The quantitative estimate of drug-likeness (QED) is 0.844. The van der Waals surface area contributed by atoms with E-state index in [9.17, 15) is 9.59 Å². The number of hydrogen-bond donors (Lipinski definition) is 1. The molecule has 0 atom stereocenters. The van der Waals surface area contributed by atoms with Crippen molar-refractivity contribution in [3.8, 4) is 11.5 Å². The van der Waals surface area contributed by atoms with Gasteiger partial charge in [-0.3, -0.25) is 9.59 Å². The molecule has 0 aliphatic carbocycles. The number of carbonyl (C=O) groups is 2. The Hall–Kier alpha value is -1.76. The van der Waals surface area contributed by atoms with Gasteiger partial charge in [0.2, 0.25) is 5.91 Å². The second-order valence-corrected chi connectivity index (χ2v) is 7.04. The molecule has 6 nitrogen and oxygen atoms in total. The number of carboxylic acid groups (broad SMARTS) is 1. The van der Waals surface area contributed by atoms with Crippen molar-refractivity contribution in [2.24, 2.45) is 5.92 Å². The summed E-state index contributed by atoms with van der Waals surface area (Å²) < 4.78 is 11.9. The van der Waals surface area contributed by atoms with E-state index in [1.165, 1.54) is 0 Å². The first-order valence-electron chi connectivity index (χ1n) is 8.10. The molecule has 0 bridgehead atoms. The number of piperidine rings is 1. The molecular formula is C17H20BrNO5. The van der Waals surface area contributed by atoms with E-state index < -0.39 is 5.97 Å². The van der Waals surface area contributed by atoms with E-state index in [2.05, 4.69) is 15.9 Å². The number of likely N-dealkylation sites (tertiary alicyclic amines) is 1. The van der Waals surface area contributed by atoms with Gasteiger partial charge in [-0.15, -0.1) is 0 Å². The highest BCUT2D eigenvalue weighted by Gasteiger charge is 2.25. The molecule has 130 valence electrons. The smallest absolute Gasteiger partial charge is 0.303 e. The van der Waals surface area contributed by atoms with Crippen LogP contribution in [0.2, 0.25) is 0 Å². The Morgan fingerprint density at radius 2 is 1.79 bits per heavy atom. The highest BCUT2D eigenvalue weighted by molar-refractivity contribution is 9.10. The van der Waals surface area contributed by atoms with Crippen LogP contribution in [0.15, 0.2) is 16.6 Å². The van der Waals surface area contributed by atoms with Crippen molar-refractivity contribution >= 4 is 27.8 Å². The van der Waals surface area contributed by atoms with Crippen molar-refractivity contribution in [2.75, 3.05) is 26.3 Å². The molecule has 0 unspecified atom stereocenters. The number of fused-ring (bicyclic) bond motifs is 1. The molecule has 1 N–H and O–H groups in total. The van der Waals surface area contributed by atoms with Gasteiger partial charge in [0.05, 0.1) is 6.42 Å². The average Bonchev–Trinajstić information content (AvgIpc) is 2.55. The minimum absolute atomic E-state index is 0.0566. The lowest BCUT2D eigenvalue weighted by Crippen LogP contribution is -2.39. The largest absolute Gasteiger partial charge is 0.486 e. The fraction of sp³-hybridized carbons (Fsp3) is 0.529. The van der Waals surface area contributed by atoms with Crippen LogP contribution >= 0.6 is 15.9 Å². The molecule has 2 aliphatic rings. The van der Waals surface area contributed by atoms with Crippen LogP contribution in [-0.2, 0) is 16.0 Å². The zero-order chi connectivity index (χ0) is 17.1. The normalized spacial score (nSPS) is 17.6. The van der Waals surface area contributed by atoms with E-state index in [0.29, 0.717) is 44.2 Å². The fourth-order valence-electron chi connectivity index (χ4n) is 3.15.